The van der Waals surface area contributed by atoms with E-state index >= 15 is 0 Å². The molecule has 0 radical (unpaired) electrons. The van der Waals surface area contributed by atoms with Gasteiger partial charge in [0.15, 0.2) is 0 Å². The summed E-state index contributed by atoms with van der Waals surface area (Å²) >= 11 is 0. The van der Waals surface area contributed by atoms with Gasteiger partial charge in [0.2, 0.25) is 0 Å². The first-order valence-electron chi connectivity index (χ1n) is 15.2. The van der Waals surface area contributed by atoms with Crippen LogP contribution in [-0.4, -0.2) is 6.67 Å². The van der Waals surface area contributed by atoms with Gasteiger partial charge in [-0.1, -0.05) is 127 Å². The number of allylic oxidation sites excluding steroid dienone is 1. The first-order valence-corrected chi connectivity index (χ1v) is 15.2. The number of nitrogens with one attached hydrogen (secondary N) is 4. The SMILES string of the molecule is C/C=C\NCNC(N)c1ccc(C2C=C(c3cccc(-c4ccccc4)c3)NC(c3cccc(-c4ccccc4)c3)N2)cc1. The van der Waals surface area contributed by atoms with Crippen molar-refractivity contribution >= 4 is 5.70 Å². The van der Waals surface area contributed by atoms with Crippen molar-refractivity contribution in [3.8, 4) is 22.3 Å². The number of hydrogen-bond acceptors (Lipinski definition) is 5. The van der Waals surface area contributed by atoms with Crippen LogP contribution in [-0.2, 0) is 0 Å². The predicted octanol–water partition coefficient (Wildman–Crippen LogP) is 7.62. The number of hydrogen-bond donors (Lipinski definition) is 5. The van der Waals surface area contributed by atoms with E-state index in [1.54, 1.807) is 0 Å². The molecule has 5 aromatic rings. The van der Waals surface area contributed by atoms with Gasteiger partial charge in [0, 0.05) is 5.70 Å². The van der Waals surface area contributed by atoms with Crippen LogP contribution < -0.4 is 27.0 Å². The smallest absolute Gasteiger partial charge is 0.104 e. The highest BCUT2D eigenvalue weighted by Crippen LogP contribution is 2.33. The van der Waals surface area contributed by atoms with E-state index in [2.05, 4.69) is 161 Å². The van der Waals surface area contributed by atoms with Gasteiger partial charge in [0.05, 0.1) is 18.9 Å². The van der Waals surface area contributed by atoms with Crippen molar-refractivity contribution in [1.82, 2.24) is 21.3 Å². The lowest BCUT2D eigenvalue weighted by Gasteiger charge is -2.33. The maximum absolute atomic E-state index is 6.41. The Morgan fingerprint density at radius 3 is 1.98 bits per heavy atom. The summed E-state index contributed by atoms with van der Waals surface area (Å²) in [7, 11) is 0. The van der Waals surface area contributed by atoms with Crippen LogP contribution in [0.15, 0.2) is 152 Å². The van der Waals surface area contributed by atoms with Gasteiger partial charge in [-0.15, -0.1) is 0 Å². The Balaban J connectivity index is 1.32. The molecular formula is C39H39N5. The number of rotatable bonds is 10. The Morgan fingerprint density at radius 2 is 1.30 bits per heavy atom. The van der Waals surface area contributed by atoms with E-state index in [1.807, 2.05) is 19.2 Å². The normalized spacial score (nSPS) is 17.1. The van der Waals surface area contributed by atoms with Crippen LogP contribution >= 0.6 is 0 Å². The second-order valence-electron chi connectivity index (χ2n) is 11.0. The standard InChI is InChI=1S/C39H39N5/c1-2-23-41-27-42-38(40)31-21-19-30(20-22-31)36-26-37(34-17-9-15-32(24-34)28-11-5-3-6-12-28)44-39(43-36)35-18-10-16-33(25-35)29-13-7-4-8-14-29/h2-26,36,38-39,41-44H,27,40H2,1H3/b23-2-. The Morgan fingerprint density at radius 1 is 0.682 bits per heavy atom. The third-order valence-corrected chi connectivity index (χ3v) is 7.95. The third kappa shape index (κ3) is 6.99. The first kappa shape index (κ1) is 29.1. The topological polar surface area (TPSA) is 74.1 Å². The second-order valence-corrected chi connectivity index (χ2v) is 11.0. The van der Waals surface area contributed by atoms with Gasteiger partial charge < -0.3 is 16.4 Å². The van der Waals surface area contributed by atoms with Crippen molar-refractivity contribution in [3.05, 3.63) is 174 Å². The molecule has 5 nitrogen and oxygen atoms in total. The van der Waals surface area contributed by atoms with Crippen LogP contribution in [0, 0.1) is 0 Å². The number of benzene rings is 5. The molecule has 3 unspecified atom stereocenters. The highest BCUT2D eigenvalue weighted by molar-refractivity contribution is 5.73. The molecule has 1 heterocycles. The maximum atomic E-state index is 6.41. The summed E-state index contributed by atoms with van der Waals surface area (Å²) in [4.78, 5) is 0. The summed E-state index contributed by atoms with van der Waals surface area (Å²) in [5.41, 5.74) is 16.8. The Labute approximate surface area is 260 Å². The zero-order valence-corrected chi connectivity index (χ0v) is 25.0. The molecule has 5 heteroatoms. The zero-order valence-electron chi connectivity index (χ0n) is 25.0. The molecule has 0 bridgehead atoms. The van der Waals surface area contributed by atoms with E-state index in [1.165, 1.54) is 33.4 Å². The molecule has 44 heavy (non-hydrogen) atoms. The minimum absolute atomic E-state index is 0.00777. The Kier molecular flexibility index (Phi) is 9.29. The molecule has 0 aromatic heterocycles. The fourth-order valence-corrected chi connectivity index (χ4v) is 5.59. The highest BCUT2D eigenvalue weighted by atomic mass is 15.2. The lowest BCUT2D eigenvalue weighted by Crippen LogP contribution is -2.39. The van der Waals surface area contributed by atoms with Crippen molar-refractivity contribution in [2.45, 2.75) is 25.3 Å². The van der Waals surface area contributed by atoms with E-state index in [4.69, 9.17) is 5.73 Å². The van der Waals surface area contributed by atoms with Crippen molar-refractivity contribution in [2.24, 2.45) is 5.73 Å². The predicted molar refractivity (Wildman–Crippen MR) is 183 cm³/mol. The summed E-state index contributed by atoms with van der Waals surface area (Å²) in [5, 5.41) is 14.1. The van der Waals surface area contributed by atoms with Crippen LogP contribution in [0.25, 0.3) is 28.0 Å². The van der Waals surface area contributed by atoms with E-state index in [9.17, 15) is 0 Å². The van der Waals surface area contributed by atoms with Crippen LogP contribution in [0.2, 0.25) is 0 Å². The van der Waals surface area contributed by atoms with Crippen molar-refractivity contribution < 1.29 is 0 Å². The van der Waals surface area contributed by atoms with Gasteiger partial charge in [-0.25, -0.2) is 0 Å². The lowest BCUT2D eigenvalue weighted by atomic mass is 9.95. The summed E-state index contributed by atoms with van der Waals surface area (Å²) in [6.07, 6.45) is 5.79. The molecule has 0 spiro atoms. The third-order valence-electron chi connectivity index (χ3n) is 7.95. The summed E-state index contributed by atoms with van der Waals surface area (Å²) < 4.78 is 0. The van der Waals surface area contributed by atoms with Crippen LogP contribution in [0.3, 0.4) is 0 Å². The summed E-state index contributed by atoms with van der Waals surface area (Å²) in [5.74, 6) is 0. The van der Waals surface area contributed by atoms with Crippen molar-refractivity contribution in [3.63, 3.8) is 0 Å². The van der Waals surface area contributed by atoms with Gasteiger partial charge in [-0.2, -0.15) is 0 Å². The average molecular weight is 578 g/mol. The van der Waals surface area contributed by atoms with E-state index in [-0.39, 0.29) is 18.4 Å². The molecule has 0 amide bonds. The second kappa shape index (κ2) is 14.0. The van der Waals surface area contributed by atoms with Crippen molar-refractivity contribution in [1.29, 1.82) is 0 Å². The maximum Gasteiger partial charge on any atom is 0.104 e. The molecule has 5 aromatic carbocycles. The molecule has 3 atom stereocenters. The molecule has 220 valence electrons. The Bertz CT molecular complexity index is 1710. The molecular weight excluding hydrogens is 538 g/mol. The van der Waals surface area contributed by atoms with E-state index < -0.39 is 0 Å². The molecule has 0 fully saturated rings. The van der Waals surface area contributed by atoms with Gasteiger partial charge in [0.25, 0.3) is 0 Å². The summed E-state index contributed by atoms with van der Waals surface area (Å²) in [6.45, 7) is 2.58. The molecule has 1 aliphatic heterocycles. The van der Waals surface area contributed by atoms with E-state index in [0.29, 0.717) is 6.67 Å². The Hall–Kier alpha value is -4.94. The minimum Gasteiger partial charge on any atom is -0.379 e. The van der Waals surface area contributed by atoms with Gasteiger partial charge in [-0.05, 0) is 75.8 Å². The van der Waals surface area contributed by atoms with Crippen molar-refractivity contribution in [2.75, 3.05) is 6.67 Å². The largest absolute Gasteiger partial charge is 0.379 e. The highest BCUT2D eigenvalue weighted by Gasteiger charge is 2.25. The van der Waals surface area contributed by atoms with Gasteiger partial charge in [0.1, 0.15) is 6.17 Å². The average Bonchev–Trinajstić information content (AvgIpc) is 3.11. The lowest BCUT2D eigenvalue weighted by molar-refractivity contribution is 0.442. The van der Waals surface area contributed by atoms with Crippen LogP contribution in [0.4, 0.5) is 0 Å². The summed E-state index contributed by atoms with van der Waals surface area (Å²) in [6, 6.07) is 47.1. The first-order chi connectivity index (χ1) is 21.7. The molecule has 1 aliphatic rings. The van der Waals surface area contributed by atoms with Crippen LogP contribution in [0.1, 0.15) is 47.6 Å². The molecule has 0 aliphatic carbocycles. The number of nitrogens with two attached hydrogens (primary N) is 1. The minimum atomic E-state index is -0.261. The zero-order chi connectivity index (χ0) is 30.1. The quantitative estimate of drug-likeness (QED) is 0.0872. The monoisotopic (exact) mass is 577 g/mol. The molecule has 0 saturated carbocycles. The fraction of sp³-hybridized carbons (Fsp3) is 0.128. The fourth-order valence-electron chi connectivity index (χ4n) is 5.59. The van der Waals surface area contributed by atoms with Gasteiger partial charge >= 0.3 is 0 Å². The molecule has 6 N–H and O–H groups in total. The molecule has 6 rings (SSSR count). The van der Waals surface area contributed by atoms with Gasteiger partial charge in [-0.3, -0.25) is 10.6 Å². The van der Waals surface area contributed by atoms with Crippen LogP contribution in [0.5, 0.6) is 0 Å². The molecule has 0 saturated heterocycles. The van der Waals surface area contributed by atoms with E-state index in [0.717, 1.165) is 16.8 Å².